The third kappa shape index (κ3) is 5.82. The Labute approximate surface area is 147 Å². The van der Waals surface area contributed by atoms with Crippen molar-refractivity contribution in [3.63, 3.8) is 0 Å². The van der Waals surface area contributed by atoms with Gasteiger partial charge in [0.25, 0.3) is 0 Å². The molecule has 1 aliphatic heterocycles. The van der Waals surface area contributed by atoms with Crippen molar-refractivity contribution in [1.29, 1.82) is 0 Å². The minimum absolute atomic E-state index is 0.547. The summed E-state index contributed by atoms with van der Waals surface area (Å²) in [6, 6.07) is 7.24. The fourth-order valence-electron chi connectivity index (χ4n) is 3.45. The van der Waals surface area contributed by atoms with Crippen LogP contribution in [0.5, 0.6) is 0 Å². The first-order chi connectivity index (χ1) is 11.6. The molecule has 0 radical (unpaired) electrons. The number of aliphatic imine (C=N–C) groups is 1. The molecule has 1 fully saturated rings. The molecule has 0 amide bonds. The van der Waals surface area contributed by atoms with Crippen molar-refractivity contribution in [2.24, 2.45) is 4.99 Å². The zero-order chi connectivity index (χ0) is 17.4. The van der Waals surface area contributed by atoms with E-state index in [1.54, 1.807) is 0 Å². The quantitative estimate of drug-likeness (QED) is 0.622. The van der Waals surface area contributed by atoms with Crippen molar-refractivity contribution in [2.75, 3.05) is 33.2 Å². The Kier molecular flexibility index (Phi) is 7.57. The molecule has 0 spiro atoms. The molecule has 4 nitrogen and oxygen atoms in total. The van der Waals surface area contributed by atoms with Crippen LogP contribution in [0.1, 0.15) is 42.9 Å². The van der Waals surface area contributed by atoms with Gasteiger partial charge in [-0.05, 0) is 57.2 Å². The van der Waals surface area contributed by atoms with E-state index >= 15 is 0 Å². The molecule has 0 aromatic heterocycles. The van der Waals surface area contributed by atoms with Crippen molar-refractivity contribution in [1.82, 2.24) is 15.5 Å². The van der Waals surface area contributed by atoms with Crippen molar-refractivity contribution >= 4 is 5.96 Å². The van der Waals surface area contributed by atoms with Gasteiger partial charge in [-0.1, -0.05) is 30.7 Å². The van der Waals surface area contributed by atoms with Gasteiger partial charge in [-0.2, -0.15) is 0 Å². The summed E-state index contributed by atoms with van der Waals surface area (Å²) < 4.78 is 0. The highest BCUT2D eigenvalue weighted by molar-refractivity contribution is 5.79. The molecule has 1 aromatic rings. The van der Waals surface area contributed by atoms with Crippen LogP contribution in [0.15, 0.2) is 23.2 Å². The summed E-state index contributed by atoms with van der Waals surface area (Å²) >= 11 is 0. The van der Waals surface area contributed by atoms with Crippen molar-refractivity contribution in [2.45, 2.75) is 52.5 Å². The number of benzene rings is 1. The van der Waals surface area contributed by atoms with Gasteiger partial charge in [0, 0.05) is 32.7 Å². The average Bonchev–Trinajstić information content (AvgIpc) is 2.57. The molecule has 1 heterocycles. The van der Waals surface area contributed by atoms with E-state index < -0.39 is 0 Å². The topological polar surface area (TPSA) is 39.7 Å². The number of piperidine rings is 1. The predicted molar refractivity (Wildman–Crippen MR) is 104 cm³/mol. The lowest BCUT2D eigenvalue weighted by atomic mass is 10.0. The first-order valence-electron chi connectivity index (χ1n) is 9.38. The number of hydrogen-bond acceptors (Lipinski definition) is 2. The summed E-state index contributed by atoms with van der Waals surface area (Å²) in [4.78, 5) is 6.95. The molecule has 4 heteroatoms. The monoisotopic (exact) mass is 330 g/mol. The van der Waals surface area contributed by atoms with E-state index in [0.717, 1.165) is 18.9 Å². The van der Waals surface area contributed by atoms with Gasteiger partial charge in [0.1, 0.15) is 0 Å². The van der Waals surface area contributed by atoms with Crippen molar-refractivity contribution < 1.29 is 0 Å². The molecule has 1 aromatic carbocycles. The molecular weight excluding hydrogens is 296 g/mol. The number of rotatable bonds is 6. The lowest BCUT2D eigenvalue weighted by Crippen LogP contribution is -2.49. The minimum atomic E-state index is 0.547. The summed E-state index contributed by atoms with van der Waals surface area (Å²) in [5.41, 5.74) is 4.12. The van der Waals surface area contributed by atoms with Crippen LogP contribution in [0.2, 0.25) is 0 Å². The molecule has 0 atom stereocenters. The Bertz CT molecular complexity index is 530. The summed E-state index contributed by atoms with van der Waals surface area (Å²) in [5, 5.41) is 7.06. The van der Waals surface area contributed by atoms with Gasteiger partial charge in [0.2, 0.25) is 0 Å². The van der Waals surface area contributed by atoms with Crippen LogP contribution in [-0.2, 0) is 6.42 Å². The number of hydrogen-bond donors (Lipinski definition) is 2. The molecule has 0 saturated carbocycles. The zero-order valence-corrected chi connectivity index (χ0v) is 15.9. The third-order valence-electron chi connectivity index (χ3n) is 4.88. The summed E-state index contributed by atoms with van der Waals surface area (Å²) in [6.45, 7) is 11.1. The molecule has 2 rings (SSSR count). The van der Waals surface area contributed by atoms with Gasteiger partial charge in [-0.15, -0.1) is 0 Å². The van der Waals surface area contributed by atoms with Crippen LogP contribution >= 0.6 is 0 Å². The van der Waals surface area contributed by atoms with E-state index in [1.807, 2.05) is 7.05 Å². The SMILES string of the molecule is CCCN1CCC(NC(=NC)NCCc2ccc(C)cc2C)CC1. The van der Waals surface area contributed by atoms with Gasteiger partial charge in [-0.25, -0.2) is 0 Å². The second-order valence-electron chi connectivity index (χ2n) is 6.94. The normalized spacial score (nSPS) is 17.1. The Morgan fingerprint density at radius 2 is 2.00 bits per heavy atom. The van der Waals surface area contributed by atoms with Crippen LogP contribution in [0.25, 0.3) is 0 Å². The van der Waals surface area contributed by atoms with E-state index in [0.29, 0.717) is 6.04 Å². The van der Waals surface area contributed by atoms with Crippen LogP contribution in [0.4, 0.5) is 0 Å². The standard InChI is InChI=1S/C20H34N4/c1-5-12-24-13-9-19(10-14-24)23-20(21-4)22-11-8-18-7-6-16(2)15-17(18)3/h6-7,15,19H,5,8-14H2,1-4H3,(H2,21,22,23). The fraction of sp³-hybridized carbons (Fsp3) is 0.650. The van der Waals surface area contributed by atoms with Crippen LogP contribution in [0, 0.1) is 13.8 Å². The van der Waals surface area contributed by atoms with Gasteiger partial charge in [0.05, 0.1) is 0 Å². The highest BCUT2D eigenvalue weighted by atomic mass is 15.2. The molecule has 24 heavy (non-hydrogen) atoms. The minimum Gasteiger partial charge on any atom is -0.356 e. The largest absolute Gasteiger partial charge is 0.356 e. The Morgan fingerprint density at radius 3 is 2.62 bits per heavy atom. The van der Waals surface area contributed by atoms with Crippen LogP contribution < -0.4 is 10.6 Å². The molecule has 0 unspecified atom stereocenters. The van der Waals surface area contributed by atoms with Gasteiger partial charge in [0.15, 0.2) is 5.96 Å². The van der Waals surface area contributed by atoms with Gasteiger partial charge in [-0.3, -0.25) is 4.99 Å². The fourth-order valence-corrected chi connectivity index (χ4v) is 3.45. The number of nitrogens with zero attached hydrogens (tertiary/aromatic N) is 2. The highest BCUT2D eigenvalue weighted by Gasteiger charge is 2.19. The summed E-state index contributed by atoms with van der Waals surface area (Å²) in [6.07, 6.45) is 4.69. The maximum atomic E-state index is 4.39. The number of nitrogens with one attached hydrogen (secondary N) is 2. The molecule has 1 saturated heterocycles. The number of likely N-dealkylation sites (tertiary alicyclic amines) is 1. The first kappa shape index (κ1) is 18.8. The van der Waals surface area contributed by atoms with Gasteiger partial charge < -0.3 is 15.5 Å². The summed E-state index contributed by atoms with van der Waals surface area (Å²) in [7, 11) is 1.86. The maximum absolute atomic E-state index is 4.39. The zero-order valence-electron chi connectivity index (χ0n) is 15.9. The lowest BCUT2D eigenvalue weighted by molar-refractivity contribution is 0.206. The lowest BCUT2D eigenvalue weighted by Gasteiger charge is -2.32. The Hall–Kier alpha value is -1.55. The van der Waals surface area contributed by atoms with E-state index in [4.69, 9.17) is 0 Å². The van der Waals surface area contributed by atoms with Crippen molar-refractivity contribution in [3.8, 4) is 0 Å². The highest BCUT2D eigenvalue weighted by Crippen LogP contribution is 2.11. The molecule has 2 N–H and O–H groups in total. The number of aryl methyl sites for hydroxylation is 2. The van der Waals surface area contributed by atoms with E-state index in [-0.39, 0.29) is 0 Å². The molecule has 0 aliphatic carbocycles. The van der Waals surface area contributed by atoms with Crippen LogP contribution in [-0.4, -0.2) is 50.1 Å². The van der Waals surface area contributed by atoms with E-state index in [9.17, 15) is 0 Å². The summed E-state index contributed by atoms with van der Waals surface area (Å²) in [5.74, 6) is 0.939. The maximum Gasteiger partial charge on any atom is 0.191 e. The number of guanidine groups is 1. The van der Waals surface area contributed by atoms with Crippen molar-refractivity contribution in [3.05, 3.63) is 34.9 Å². The first-order valence-corrected chi connectivity index (χ1v) is 9.38. The Morgan fingerprint density at radius 1 is 1.25 bits per heavy atom. The molecular formula is C20H34N4. The molecule has 134 valence electrons. The molecule has 1 aliphatic rings. The predicted octanol–water partition coefficient (Wildman–Crippen LogP) is 2.89. The van der Waals surface area contributed by atoms with Gasteiger partial charge >= 0.3 is 0 Å². The molecule has 0 bridgehead atoms. The Balaban J connectivity index is 1.73. The second-order valence-corrected chi connectivity index (χ2v) is 6.94. The third-order valence-corrected chi connectivity index (χ3v) is 4.88. The smallest absolute Gasteiger partial charge is 0.191 e. The second kappa shape index (κ2) is 9.67. The van der Waals surface area contributed by atoms with Crippen LogP contribution in [0.3, 0.4) is 0 Å². The average molecular weight is 331 g/mol. The van der Waals surface area contributed by atoms with E-state index in [2.05, 4.69) is 59.5 Å². The van der Waals surface area contributed by atoms with E-state index in [1.165, 1.54) is 55.6 Å².